The third-order valence-corrected chi connectivity index (χ3v) is 3.50. The summed E-state index contributed by atoms with van der Waals surface area (Å²) in [5.74, 6) is 0.523. The number of pyridine rings is 1. The van der Waals surface area contributed by atoms with E-state index in [1.54, 1.807) is 6.20 Å². The molecular weight excluding hydrogens is 274 g/mol. The van der Waals surface area contributed by atoms with E-state index < -0.39 is 0 Å². The zero-order valence-corrected chi connectivity index (χ0v) is 11.8. The number of hydrogen-bond donors (Lipinski definition) is 1. The molecule has 5 heteroatoms. The summed E-state index contributed by atoms with van der Waals surface area (Å²) in [7, 11) is 0. The summed E-state index contributed by atoms with van der Waals surface area (Å²) >= 11 is 0. The fourth-order valence-corrected chi connectivity index (χ4v) is 2.46. The predicted molar refractivity (Wildman–Crippen MR) is 86.1 cm³/mol. The zero-order chi connectivity index (χ0) is 14.8. The summed E-state index contributed by atoms with van der Waals surface area (Å²) in [5, 5.41) is 9.53. The Bertz CT molecular complexity index is 933. The highest BCUT2D eigenvalue weighted by atomic mass is 15.2. The number of para-hydroxylation sites is 3. The number of benzene rings is 2. The van der Waals surface area contributed by atoms with Crippen molar-refractivity contribution in [2.45, 2.75) is 6.54 Å². The van der Waals surface area contributed by atoms with Crippen molar-refractivity contribution in [1.29, 1.82) is 0 Å². The van der Waals surface area contributed by atoms with Gasteiger partial charge in [0.15, 0.2) is 0 Å². The van der Waals surface area contributed by atoms with Gasteiger partial charge in [-0.2, -0.15) is 5.11 Å². The number of rotatable bonds is 3. The molecule has 0 aliphatic carbocycles. The number of imidazole rings is 1. The van der Waals surface area contributed by atoms with E-state index >= 15 is 0 Å². The van der Waals surface area contributed by atoms with Crippen LogP contribution < -0.4 is 0 Å². The summed E-state index contributed by atoms with van der Waals surface area (Å²) in [6.45, 7) is 0.478. The molecule has 2 aromatic heterocycles. The molecule has 0 aliphatic heterocycles. The van der Waals surface area contributed by atoms with Gasteiger partial charge in [-0.1, -0.05) is 36.4 Å². The number of aromatic amines is 1. The first-order valence-corrected chi connectivity index (χ1v) is 7.05. The molecule has 0 unspecified atom stereocenters. The summed E-state index contributed by atoms with van der Waals surface area (Å²) in [6.07, 6.45) is 1.79. The maximum Gasteiger partial charge on any atom is 0.247 e. The maximum atomic E-state index is 4.42. The molecule has 5 nitrogen and oxygen atoms in total. The van der Waals surface area contributed by atoms with E-state index in [0.29, 0.717) is 12.5 Å². The van der Waals surface area contributed by atoms with E-state index in [-0.39, 0.29) is 0 Å². The van der Waals surface area contributed by atoms with Crippen molar-refractivity contribution in [3.63, 3.8) is 0 Å². The first-order chi connectivity index (χ1) is 10.9. The molecule has 106 valence electrons. The molecule has 22 heavy (non-hydrogen) atoms. The molecule has 2 heterocycles. The molecule has 4 aromatic rings. The van der Waals surface area contributed by atoms with Gasteiger partial charge in [0.2, 0.25) is 5.95 Å². The normalized spacial score (nSPS) is 11.6. The predicted octanol–water partition coefficient (Wildman–Crippen LogP) is 4.40. The Hall–Kier alpha value is -3.08. The third kappa shape index (κ3) is 2.33. The second-order valence-electron chi connectivity index (χ2n) is 4.97. The van der Waals surface area contributed by atoms with Gasteiger partial charge in [-0.3, -0.25) is 4.98 Å². The lowest BCUT2D eigenvalue weighted by Crippen LogP contribution is -1.86. The minimum absolute atomic E-state index is 0.478. The van der Waals surface area contributed by atoms with Crippen molar-refractivity contribution in [2.24, 2.45) is 10.2 Å². The van der Waals surface area contributed by atoms with Crippen LogP contribution in [0.15, 0.2) is 71.0 Å². The molecule has 0 fully saturated rings. The van der Waals surface area contributed by atoms with Gasteiger partial charge in [0.25, 0.3) is 0 Å². The number of aromatic nitrogens is 3. The van der Waals surface area contributed by atoms with Crippen molar-refractivity contribution < 1.29 is 0 Å². The second-order valence-corrected chi connectivity index (χ2v) is 4.97. The van der Waals surface area contributed by atoms with E-state index in [9.17, 15) is 0 Å². The Morgan fingerprint density at radius 3 is 2.82 bits per heavy atom. The minimum Gasteiger partial charge on any atom is -0.321 e. The van der Waals surface area contributed by atoms with E-state index in [0.717, 1.165) is 27.5 Å². The van der Waals surface area contributed by atoms with E-state index in [1.807, 2.05) is 54.6 Å². The SMILES string of the molecule is c1cnc2c(CN=Nc3nc4ccccc4[nH]3)cccc2c1. The van der Waals surface area contributed by atoms with Crippen molar-refractivity contribution in [3.8, 4) is 0 Å². The highest BCUT2D eigenvalue weighted by Gasteiger charge is 2.02. The fraction of sp³-hybridized carbons (Fsp3) is 0.0588. The third-order valence-electron chi connectivity index (χ3n) is 3.50. The van der Waals surface area contributed by atoms with E-state index in [1.165, 1.54) is 0 Å². The van der Waals surface area contributed by atoms with Crippen LogP contribution in [-0.4, -0.2) is 15.0 Å². The quantitative estimate of drug-likeness (QED) is 0.568. The summed E-state index contributed by atoms with van der Waals surface area (Å²) in [6, 6.07) is 17.9. The molecular formula is C17H13N5. The largest absolute Gasteiger partial charge is 0.321 e. The van der Waals surface area contributed by atoms with Crippen LogP contribution in [0, 0.1) is 0 Å². The van der Waals surface area contributed by atoms with Crippen LogP contribution >= 0.6 is 0 Å². The minimum atomic E-state index is 0.478. The number of nitrogens with zero attached hydrogens (tertiary/aromatic N) is 4. The number of hydrogen-bond acceptors (Lipinski definition) is 4. The standard InChI is InChI=1S/C17H13N5/c1-2-9-15-14(8-1)20-17(21-15)22-19-11-13-6-3-5-12-7-4-10-18-16(12)13/h1-10H,11H2,(H,20,21). The molecule has 1 N–H and O–H groups in total. The van der Waals surface area contributed by atoms with Gasteiger partial charge in [-0.15, -0.1) is 5.11 Å². The highest BCUT2D eigenvalue weighted by Crippen LogP contribution is 2.19. The van der Waals surface area contributed by atoms with Crippen molar-refractivity contribution in [1.82, 2.24) is 15.0 Å². The van der Waals surface area contributed by atoms with Gasteiger partial charge in [0.1, 0.15) is 0 Å². The van der Waals surface area contributed by atoms with E-state index in [4.69, 9.17) is 0 Å². The average Bonchev–Trinajstić information content (AvgIpc) is 2.98. The molecule has 0 spiro atoms. The fourth-order valence-electron chi connectivity index (χ4n) is 2.46. The molecule has 0 aliphatic rings. The number of fused-ring (bicyclic) bond motifs is 2. The molecule has 2 aromatic carbocycles. The molecule has 0 atom stereocenters. The van der Waals surface area contributed by atoms with Crippen LogP contribution in [0.1, 0.15) is 5.56 Å². The maximum absolute atomic E-state index is 4.42. The zero-order valence-electron chi connectivity index (χ0n) is 11.8. The number of azo groups is 1. The van der Waals surface area contributed by atoms with Gasteiger partial charge in [0.05, 0.1) is 23.1 Å². The molecule has 0 saturated carbocycles. The second kappa shape index (κ2) is 5.37. The Balaban J connectivity index is 1.60. The Labute approximate surface area is 126 Å². The lowest BCUT2D eigenvalue weighted by atomic mass is 10.1. The van der Waals surface area contributed by atoms with Crippen molar-refractivity contribution in [2.75, 3.05) is 0 Å². The van der Waals surface area contributed by atoms with Crippen LogP contribution in [0.4, 0.5) is 5.95 Å². The van der Waals surface area contributed by atoms with Gasteiger partial charge in [-0.25, -0.2) is 4.98 Å². The van der Waals surface area contributed by atoms with Crippen LogP contribution in [0.5, 0.6) is 0 Å². The Morgan fingerprint density at radius 2 is 1.86 bits per heavy atom. The van der Waals surface area contributed by atoms with Crippen molar-refractivity contribution >= 4 is 27.9 Å². The molecule has 0 bridgehead atoms. The number of H-pyrrole nitrogens is 1. The van der Waals surface area contributed by atoms with Gasteiger partial charge >= 0.3 is 0 Å². The monoisotopic (exact) mass is 287 g/mol. The summed E-state index contributed by atoms with van der Waals surface area (Å²) in [4.78, 5) is 11.9. The Morgan fingerprint density at radius 1 is 0.955 bits per heavy atom. The average molecular weight is 287 g/mol. The summed E-state index contributed by atoms with van der Waals surface area (Å²) in [5.41, 5.74) is 3.87. The first-order valence-electron chi connectivity index (χ1n) is 7.05. The summed E-state index contributed by atoms with van der Waals surface area (Å²) < 4.78 is 0. The first kappa shape index (κ1) is 12.6. The lowest BCUT2D eigenvalue weighted by molar-refractivity contribution is 0.943. The van der Waals surface area contributed by atoms with Crippen LogP contribution in [0.2, 0.25) is 0 Å². The Kier molecular flexibility index (Phi) is 3.08. The smallest absolute Gasteiger partial charge is 0.247 e. The van der Waals surface area contributed by atoms with E-state index in [2.05, 4.69) is 25.2 Å². The van der Waals surface area contributed by atoms with Crippen LogP contribution in [-0.2, 0) is 6.54 Å². The van der Waals surface area contributed by atoms with Gasteiger partial charge in [0, 0.05) is 17.1 Å². The van der Waals surface area contributed by atoms with Gasteiger partial charge in [-0.05, 0) is 18.2 Å². The lowest BCUT2D eigenvalue weighted by Gasteiger charge is -2.01. The van der Waals surface area contributed by atoms with Crippen molar-refractivity contribution in [3.05, 3.63) is 66.4 Å². The molecule has 0 amide bonds. The highest BCUT2D eigenvalue weighted by molar-refractivity contribution is 5.81. The molecule has 4 rings (SSSR count). The molecule has 0 saturated heterocycles. The van der Waals surface area contributed by atoms with Crippen LogP contribution in [0.3, 0.4) is 0 Å². The van der Waals surface area contributed by atoms with Crippen LogP contribution in [0.25, 0.3) is 21.9 Å². The topological polar surface area (TPSA) is 66.3 Å². The van der Waals surface area contributed by atoms with Gasteiger partial charge < -0.3 is 4.98 Å². The molecule has 0 radical (unpaired) electrons. The number of nitrogens with one attached hydrogen (secondary N) is 1.